The first-order valence-electron chi connectivity index (χ1n) is 6.78. The van der Waals surface area contributed by atoms with Crippen LogP contribution >= 0.6 is 0 Å². The van der Waals surface area contributed by atoms with E-state index >= 15 is 0 Å². The molecule has 1 unspecified atom stereocenters. The SMILES string of the molecule is COc1ccc(C(C)NC(=O)CCCCC(=O)O)cc1F. The molecule has 0 fully saturated rings. The lowest BCUT2D eigenvalue weighted by atomic mass is 10.1. The van der Waals surface area contributed by atoms with Gasteiger partial charge in [-0.3, -0.25) is 9.59 Å². The van der Waals surface area contributed by atoms with Gasteiger partial charge in [-0.05, 0) is 37.5 Å². The summed E-state index contributed by atoms with van der Waals surface area (Å²) in [5, 5.41) is 11.3. The molecule has 0 heterocycles. The van der Waals surface area contributed by atoms with E-state index in [4.69, 9.17) is 9.84 Å². The number of nitrogens with one attached hydrogen (secondary N) is 1. The average molecular weight is 297 g/mol. The molecule has 0 saturated carbocycles. The Morgan fingerprint density at radius 1 is 1.33 bits per heavy atom. The topological polar surface area (TPSA) is 75.6 Å². The van der Waals surface area contributed by atoms with Crippen LogP contribution in [0.5, 0.6) is 5.75 Å². The van der Waals surface area contributed by atoms with Crippen molar-refractivity contribution in [1.82, 2.24) is 5.32 Å². The number of benzene rings is 1. The van der Waals surface area contributed by atoms with E-state index in [0.29, 0.717) is 18.4 Å². The molecule has 1 rings (SSSR count). The highest BCUT2D eigenvalue weighted by molar-refractivity contribution is 5.76. The summed E-state index contributed by atoms with van der Waals surface area (Å²) >= 11 is 0. The maximum absolute atomic E-state index is 13.6. The van der Waals surface area contributed by atoms with Crippen molar-refractivity contribution in [3.63, 3.8) is 0 Å². The largest absolute Gasteiger partial charge is 0.494 e. The Balaban J connectivity index is 2.45. The molecule has 6 heteroatoms. The fourth-order valence-corrected chi connectivity index (χ4v) is 1.91. The number of carbonyl (C=O) groups excluding carboxylic acids is 1. The van der Waals surface area contributed by atoms with Gasteiger partial charge in [-0.15, -0.1) is 0 Å². The number of hydrogen-bond acceptors (Lipinski definition) is 3. The molecule has 0 aromatic heterocycles. The van der Waals surface area contributed by atoms with E-state index < -0.39 is 11.8 Å². The van der Waals surface area contributed by atoms with Gasteiger partial charge in [0.05, 0.1) is 13.2 Å². The molecule has 1 amide bonds. The van der Waals surface area contributed by atoms with Crippen LogP contribution in [-0.2, 0) is 9.59 Å². The summed E-state index contributed by atoms with van der Waals surface area (Å²) in [6.07, 6.45) is 1.30. The lowest BCUT2D eigenvalue weighted by molar-refractivity contribution is -0.137. The van der Waals surface area contributed by atoms with Crippen molar-refractivity contribution in [1.29, 1.82) is 0 Å². The highest BCUT2D eigenvalue weighted by Crippen LogP contribution is 2.21. The predicted molar refractivity (Wildman–Crippen MR) is 75.6 cm³/mol. The smallest absolute Gasteiger partial charge is 0.303 e. The second kappa shape index (κ2) is 8.24. The molecule has 0 aliphatic heterocycles. The molecule has 0 aliphatic carbocycles. The highest BCUT2D eigenvalue weighted by atomic mass is 19.1. The van der Waals surface area contributed by atoms with Crippen LogP contribution in [0.2, 0.25) is 0 Å². The van der Waals surface area contributed by atoms with Gasteiger partial charge >= 0.3 is 5.97 Å². The Kier molecular flexibility index (Phi) is 6.65. The number of amides is 1. The zero-order valence-corrected chi connectivity index (χ0v) is 12.2. The van der Waals surface area contributed by atoms with Crippen LogP contribution in [0, 0.1) is 5.82 Å². The number of aliphatic carboxylic acids is 1. The molecule has 21 heavy (non-hydrogen) atoms. The number of methoxy groups -OCH3 is 1. The first-order valence-corrected chi connectivity index (χ1v) is 6.78. The zero-order valence-electron chi connectivity index (χ0n) is 12.2. The Morgan fingerprint density at radius 3 is 2.57 bits per heavy atom. The minimum absolute atomic E-state index is 0.0620. The number of carboxylic acids is 1. The van der Waals surface area contributed by atoms with Crippen LogP contribution in [0.3, 0.4) is 0 Å². The minimum Gasteiger partial charge on any atom is -0.494 e. The molecule has 0 bridgehead atoms. The first kappa shape index (κ1) is 16.9. The van der Waals surface area contributed by atoms with Gasteiger partial charge in [-0.25, -0.2) is 4.39 Å². The number of hydrogen-bond donors (Lipinski definition) is 2. The van der Waals surface area contributed by atoms with E-state index in [-0.39, 0.29) is 30.5 Å². The molecule has 1 aromatic carbocycles. The molecule has 0 radical (unpaired) electrons. The molecule has 5 nitrogen and oxygen atoms in total. The monoisotopic (exact) mass is 297 g/mol. The maximum Gasteiger partial charge on any atom is 0.303 e. The van der Waals surface area contributed by atoms with Crippen molar-refractivity contribution >= 4 is 11.9 Å². The Labute approximate surface area is 123 Å². The summed E-state index contributed by atoms with van der Waals surface area (Å²) in [7, 11) is 1.39. The van der Waals surface area contributed by atoms with Crippen LogP contribution < -0.4 is 10.1 Å². The van der Waals surface area contributed by atoms with Gasteiger partial charge < -0.3 is 15.2 Å². The van der Waals surface area contributed by atoms with E-state index in [0.717, 1.165) is 0 Å². The predicted octanol–water partition coefficient (Wildman–Crippen LogP) is 2.66. The average Bonchev–Trinajstić information content (AvgIpc) is 2.43. The molecule has 0 aliphatic rings. The second-order valence-electron chi connectivity index (χ2n) is 4.78. The fourth-order valence-electron chi connectivity index (χ4n) is 1.91. The lowest BCUT2D eigenvalue weighted by Gasteiger charge is -2.15. The molecule has 0 saturated heterocycles. The van der Waals surface area contributed by atoms with Crippen molar-refractivity contribution in [2.45, 2.75) is 38.6 Å². The highest BCUT2D eigenvalue weighted by Gasteiger charge is 2.12. The number of rotatable bonds is 8. The van der Waals surface area contributed by atoms with Crippen LogP contribution in [0.25, 0.3) is 0 Å². The quantitative estimate of drug-likeness (QED) is 0.723. The summed E-state index contributed by atoms with van der Waals surface area (Å²) in [5.74, 6) is -1.36. The number of carbonyl (C=O) groups is 2. The maximum atomic E-state index is 13.6. The summed E-state index contributed by atoms with van der Waals surface area (Å²) in [4.78, 5) is 22.0. The molecule has 0 spiro atoms. The van der Waals surface area contributed by atoms with Crippen molar-refractivity contribution in [3.8, 4) is 5.75 Å². The van der Waals surface area contributed by atoms with Gasteiger partial charge in [0, 0.05) is 12.8 Å². The molecular weight excluding hydrogens is 277 g/mol. The van der Waals surface area contributed by atoms with Crippen molar-refractivity contribution < 1.29 is 23.8 Å². The van der Waals surface area contributed by atoms with E-state index in [2.05, 4.69) is 5.32 Å². The standard InChI is InChI=1S/C15H20FNO4/c1-10(11-7-8-13(21-2)12(16)9-11)17-14(18)5-3-4-6-15(19)20/h7-10H,3-6H2,1-2H3,(H,17,18)(H,19,20). The van der Waals surface area contributed by atoms with Gasteiger partial charge in [-0.2, -0.15) is 0 Å². The van der Waals surface area contributed by atoms with Crippen molar-refractivity contribution in [2.75, 3.05) is 7.11 Å². The van der Waals surface area contributed by atoms with Crippen LogP contribution in [-0.4, -0.2) is 24.1 Å². The van der Waals surface area contributed by atoms with E-state index in [1.165, 1.54) is 19.2 Å². The summed E-state index contributed by atoms with van der Waals surface area (Å²) < 4.78 is 18.4. The van der Waals surface area contributed by atoms with E-state index in [9.17, 15) is 14.0 Å². The molecular formula is C15H20FNO4. The third-order valence-corrected chi connectivity index (χ3v) is 3.10. The van der Waals surface area contributed by atoms with E-state index in [1.54, 1.807) is 13.0 Å². The Morgan fingerprint density at radius 2 is 2.00 bits per heavy atom. The summed E-state index contributed by atoms with van der Waals surface area (Å²) in [5.41, 5.74) is 0.646. The van der Waals surface area contributed by atoms with Gasteiger partial charge in [0.25, 0.3) is 0 Å². The summed E-state index contributed by atoms with van der Waals surface area (Å²) in [6, 6.07) is 4.21. The Bertz CT molecular complexity index is 504. The van der Waals surface area contributed by atoms with Gasteiger partial charge in [0.2, 0.25) is 5.91 Å². The molecule has 1 aromatic rings. The Hall–Kier alpha value is -2.11. The lowest BCUT2D eigenvalue weighted by Crippen LogP contribution is -2.26. The van der Waals surface area contributed by atoms with Crippen LogP contribution in [0.4, 0.5) is 4.39 Å². The summed E-state index contributed by atoms with van der Waals surface area (Å²) in [6.45, 7) is 1.76. The number of ether oxygens (including phenoxy) is 1. The van der Waals surface area contributed by atoms with Crippen molar-refractivity contribution in [3.05, 3.63) is 29.6 Å². The molecule has 2 N–H and O–H groups in total. The van der Waals surface area contributed by atoms with Gasteiger partial charge in [0.15, 0.2) is 11.6 Å². The zero-order chi connectivity index (χ0) is 15.8. The third-order valence-electron chi connectivity index (χ3n) is 3.10. The number of unbranched alkanes of at least 4 members (excludes halogenated alkanes) is 1. The molecule has 1 atom stereocenters. The minimum atomic E-state index is -0.863. The van der Waals surface area contributed by atoms with E-state index in [1.807, 2.05) is 0 Å². The molecule has 116 valence electrons. The van der Waals surface area contributed by atoms with Gasteiger partial charge in [0.1, 0.15) is 0 Å². The second-order valence-corrected chi connectivity index (χ2v) is 4.78. The van der Waals surface area contributed by atoms with Crippen LogP contribution in [0.1, 0.15) is 44.2 Å². The van der Waals surface area contributed by atoms with Gasteiger partial charge in [-0.1, -0.05) is 6.07 Å². The number of carboxylic acid groups (broad SMARTS) is 1. The fraction of sp³-hybridized carbons (Fsp3) is 0.467. The normalized spacial score (nSPS) is 11.8. The first-order chi connectivity index (χ1) is 9.93. The van der Waals surface area contributed by atoms with Crippen molar-refractivity contribution in [2.24, 2.45) is 0 Å². The van der Waals surface area contributed by atoms with Crippen LogP contribution in [0.15, 0.2) is 18.2 Å². The number of halogens is 1. The third kappa shape index (κ3) is 5.81.